The summed E-state index contributed by atoms with van der Waals surface area (Å²) in [4.78, 5) is 12.0. The fourth-order valence-corrected chi connectivity index (χ4v) is 6.21. The number of rotatable bonds is 11. The van der Waals surface area contributed by atoms with Crippen LogP contribution in [0.1, 0.15) is 51.9 Å². The van der Waals surface area contributed by atoms with E-state index in [1.807, 2.05) is 0 Å². The van der Waals surface area contributed by atoms with Gasteiger partial charge in [-0.2, -0.15) is 0 Å². The number of carbonyl (C=O) groups is 1. The Kier molecular flexibility index (Phi) is 15.0. The van der Waals surface area contributed by atoms with Gasteiger partial charge in [-0.25, -0.2) is 0 Å². The SMILES string of the molecule is CC1OC(OC2C(CO)OCCC2OC2OC(CO)C(O)C(O[C@@H](CC3CCCCC3)C(=O)[O-])C2O)C(O)C(O)C1O.[Na+]. The van der Waals surface area contributed by atoms with E-state index in [9.17, 15) is 45.6 Å². The molecule has 0 spiro atoms. The van der Waals surface area contributed by atoms with Crippen LogP contribution in [-0.4, -0.2) is 147 Å². The molecule has 7 N–H and O–H groups in total. The van der Waals surface area contributed by atoms with Gasteiger partial charge < -0.3 is 74.1 Å². The van der Waals surface area contributed by atoms with Gasteiger partial charge >= 0.3 is 29.6 Å². The molecule has 14 atom stereocenters. The van der Waals surface area contributed by atoms with Crippen molar-refractivity contribution in [3.63, 3.8) is 0 Å². The summed E-state index contributed by atoms with van der Waals surface area (Å²) in [5.74, 6) is -1.40. The van der Waals surface area contributed by atoms with Crippen molar-refractivity contribution in [1.82, 2.24) is 0 Å². The van der Waals surface area contributed by atoms with E-state index < -0.39 is 105 Å². The van der Waals surface area contributed by atoms with E-state index in [1.54, 1.807) is 0 Å². The molecular formula is C27H45NaO15. The maximum absolute atomic E-state index is 12.0. The first-order chi connectivity index (χ1) is 20.0. The minimum absolute atomic E-state index is 0. The van der Waals surface area contributed by atoms with E-state index in [1.165, 1.54) is 6.92 Å². The summed E-state index contributed by atoms with van der Waals surface area (Å²) in [5.41, 5.74) is 0. The van der Waals surface area contributed by atoms with Crippen LogP contribution in [0, 0.1) is 5.92 Å². The molecule has 43 heavy (non-hydrogen) atoms. The first-order valence-corrected chi connectivity index (χ1v) is 14.8. The fourth-order valence-electron chi connectivity index (χ4n) is 6.21. The molecule has 0 aromatic rings. The van der Waals surface area contributed by atoms with Crippen molar-refractivity contribution >= 4 is 5.97 Å². The molecule has 0 amide bonds. The van der Waals surface area contributed by atoms with Gasteiger partial charge in [-0.05, 0) is 25.7 Å². The Morgan fingerprint density at radius 1 is 0.814 bits per heavy atom. The molecular weight excluding hydrogens is 587 g/mol. The normalized spacial score (nSPS) is 43.5. The van der Waals surface area contributed by atoms with Crippen molar-refractivity contribution in [2.75, 3.05) is 19.8 Å². The predicted octanol–water partition coefficient (Wildman–Crippen LogP) is -6.72. The molecule has 244 valence electrons. The van der Waals surface area contributed by atoms with Gasteiger partial charge in [0.15, 0.2) is 12.6 Å². The third kappa shape index (κ3) is 9.06. The summed E-state index contributed by atoms with van der Waals surface area (Å²) in [6, 6.07) is 0. The van der Waals surface area contributed by atoms with Gasteiger partial charge in [0.25, 0.3) is 0 Å². The molecule has 4 fully saturated rings. The van der Waals surface area contributed by atoms with Crippen LogP contribution in [0.15, 0.2) is 0 Å². The monoisotopic (exact) mass is 632 g/mol. The summed E-state index contributed by atoms with van der Waals surface area (Å²) in [7, 11) is 0. The summed E-state index contributed by atoms with van der Waals surface area (Å²) in [5, 5.41) is 84.4. The maximum Gasteiger partial charge on any atom is 1.00 e. The number of aliphatic carboxylic acids is 1. The Labute approximate surface area is 272 Å². The topological polar surface area (TPSA) is 237 Å². The van der Waals surface area contributed by atoms with Gasteiger partial charge in [0, 0.05) is 6.61 Å². The number of ether oxygens (including phenoxy) is 6. The number of carbonyl (C=O) groups excluding carboxylic acids is 1. The van der Waals surface area contributed by atoms with Crippen molar-refractivity contribution in [3.8, 4) is 0 Å². The molecule has 3 heterocycles. The fraction of sp³-hybridized carbons (Fsp3) is 0.963. The molecule has 15 nitrogen and oxygen atoms in total. The Balaban J connectivity index is 0.00000506. The Bertz CT molecular complexity index is 849. The minimum Gasteiger partial charge on any atom is -0.547 e. The summed E-state index contributed by atoms with van der Waals surface area (Å²) in [6.45, 7) is 0.357. The van der Waals surface area contributed by atoms with Gasteiger partial charge in [0.2, 0.25) is 0 Å². The molecule has 16 heteroatoms. The van der Waals surface area contributed by atoms with E-state index in [0.29, 0.717) is 0 Å². The molecule has 0 aromatic heterocycles. The first kappa shape index (κ1) is 37.4. The van der Waals surface area contributed by atoms with Crippen LogP contribution >= 0.6 is 0 Å². The summed E-state index contributed by atoms with van der Waals surface area (Å²) < 4.78 is 34.4. The van der Waals surface area contributed by atoms with Crippen LogP contribution in [-0.2, 0) is 33.2 Å². The molecule has 3 aliphatic heterocycles. The summed E-state index contributed by atoms with van der Waals surface area (Å²) in [6.07, 6.45) is -14.1. The molecule has 1 aliphatic carbocycles. The third-order valence-electron chi connectivity index (χ3n) is 8.73. The number of carboxylic acid groups (broad SMARTS) is 1. The molecule has 1 saturated carbocycles. The minimum atomic E-state index is -1.71. The molecule has 4 aliphatic rings. The molecule has 4 rings (SSSR count). The number of aliphatic hydroxyl groups is 7. The number of hydrogen-bond acceptors (Lipinski definition) is 15. The number of hydrogen-bond donors (Lipinski definition) is 7. The first-order valence-electron chi connectivity index (χ1n) is 14.8. The van der Waals surface area contributed by atoms with Gasteiger partial charge in [-0.1, -0.05) is 32.1 Å². The zero-order valence-corrected chi connectivity index (χ0v) is 26.6. The van der Waals surface area contributed by atoms with E-state index in [4.69, 9.17) is 28.4 Å². The molecule has 0 bridgehead atoms. The van der Waals surface area contributed by atoms with Crippen molar-refractivity contribution in [3.05, 3.63) is 0 Å². The quantitative estimate of drug-likeness (QED) is 0.105. The second-order valence-corrected chi connectivity index (χ2v) is 11.7. The van der Waals surface area contributed by atoms with Gasteiger partial charge in [-0.15, -0.1) is 0 Å². The van der Waals surface area contributed by atoms with Crippen molar-refractivity contribution in [2.45, 2.75) is 138 Å². The van der Waals surface area contributed by atoms with Gasteiger partial charge in [-0.3, -0.25) is 0 Å². The third-order valence-corrected chi connectivity index (χ3v) is 8.73. The number of carboxylic acids is 1. The second kappa shape index (κ2) is 17.2. The van der Waals surface area contributed by atoms with Crippen LogP contribution in [0.2, 0.25) is 0 Å². The standard InChI is InChI=1S/C27H46O15.Na/c1-12-18(30)20(32)21(33)26(38-12)42-23-14(7-8-37-17(23)11-29)40-27-22(34)24(19(31)16(10-28)41-27)39-15(25(35)36)9-13-5-3-2-4-6-13;/h12-24,26-34H,2-11H2,1H3,(H,35,36);/q;+1/p-1/t12?,14?,15-,16?,17?,18?,19?,20?,21?,22?,23?,24?,26?,27?;/m0./s1. The van der Waals surface area contributed by atoms with E-state index in [2.05, 4.69) is 0 Å². The molecule has 0 radical (unpaired) electrons. The van der Waals surface area contributed by atoms with Crippen molar-refractivity contribution < 1.29 is 104 Å². The Morgan fingerprint density at radius 3 is 2.09 bits per heavy atom. The zero-order valence-electron chi connectivity index (χ0n) is 24.6. The second-order valence-electron chi connectivity index (χ2n) is 11.7. The van der Waals surface area contributed by atoms with Crippen molar-refractivity contribution in [1.29, 1.82) is 0 Å². The molecule has 3 saturated heterocycles. The van der Waals surface area contributed by atoms with Crippen LogP contribution in [0.4, 0.5) is 0 Å². The van der Waals surface area contributed by atoms with Gasteiger partial charge in [0.05, 0.1) is 37.5 Å². The number of aliphatic hydroxyl groups excluding tert-OH is 7. The van der Waals surface area contributed by atoms with Gasteiger partial charge in [0.1, 0.15) is 54.9 Å². The molecule has 0 aromatic carbocycles. The van der Waals surface area contributed by atoms with E-state index in [0.717, 1.165) is 32.1 Å². The molecule has 13 unspecified atom stereocenters. The Hall–Kier alpha value is -0.0500. The maximum atomic E-state index is 12.0. The largest absolute Gasteiger partial charge is 1.00 e. The zero-order chi connectivity index (χ0) is 30.6. The average Bonchev–Trinajstić information content (AvgIpc) is 2.98. The van der Waals surface area contributed by atoms with Crippen LogP contribution < -0.4 is 34.7 Å². The smallest absolute Gasteiger partial charge is 0.547 e. The Morgan fingerprint density at radius 2 is 1.47 bits per heavy atom. The average molecular weight is 633 g/mol. The predicted molar refractivity (Wildman–Crippen MR) is 136 cm³/mol. The van der Waals surface area contributed by atoms with Crippen molar-refractivity contribution in [2.24, 2.45) is 5.92 Å². The summed E-state index contributed by atoms with van der Waals surface area (Å²) >= 11 is 0. The van der Waals surface area contributed by atoms with E-state index >= 15 is 0 Å². The van der Waals surface area contributed by atoms with Crippen LogP contribution in [0.25, 0.3) is 0 Å². The van der Waals surface area contributed by atoms with Crippen LogP contribution in [0.3, 0.4) is 0 Å². The van der Waals surface area contributed by atoms with E-state index in [-0.39, 0.29) is 54.9 Å². The van der Waals surface area contributed by atoms with Crippen LogP contribution in [0.5, 0.6) is 0 Å².